The van der Waals surface area contributed by atoms with E-state index in [-0.39, 0.29) is 0 Å². The molecule has 17 heavy (non-hydrogen) atoms. The van der Waals surface area contributed by atoms with Crippen LogP contribution in [0.15, 0.2) is 18.2 Å². The first-order chi connectivity index (χ1) is 8.20. The van der Waals surface area contributed by atoms with Crippen LogP contribution in [-0.4, -0.2) is 9.55 Å². The normalized spacial score (nSPS) is 23.2. The number of aromatic nitrogens is 2. The molecule has 1 saturated carbocycles. The van der Waals surface area contributed by atoms with Gasteiger partial charge in [0.05, 0.1) is 16.4 Å². The van der Waals surface area contributed by atoms with Crippen molar-refractivity contribution in [3.8, 4) is 0 Å². The number of fused-ring (bicyclic) bond motifs is 1. The molecule has 1 fully saturated rings. The molecule has 0 saturated heterocycles. The summed E-state index contributed by atoms with van der Waals surface area (Å²) in [4.78, 5) is 4.54. The predicted molar refractivity (Wildman–Crippen MR) is 71.6 cm³/mol. The highest BCUT2D eigenvalue weighted by Crippen LogP contribution is 2.40. The molecule has 4 heteroatoms. The fourth-order valence-electron chi connectivity index (χ4n) is 2.35. The van der Waals surface area contributed by atoms with E-state index >= 15 is 0 Å². The van der Waals surface area contributed by atoms with Crippen molar-refractivity contribution < 1.29 is 0 Å². The van der Waals surface area contributed by atoms with E-state index in [1.165, 1.54) is 6.42 Å². The molecule has 0 spiro atoms. The van der Waals surface area contributed by atoms with Crippen molar-refractivity contribution in [3.05, 3.63) is 29.0 Å². The van der Waals surface area contributed by atoms with Crippen LogP contribution < -0.4 is 0 Å². The lowest BCUT2D eigenvalue weighted by molar-refractivity contribution is 0.591. The Bertz CT molecular complexity index is 562. The van der Waals surface area contributed by atoms with E-state index in [4.69, 9.17) is 23.2 Å². The smallest absolute Gasteiger partial charge is 0.124 e. The molecule has 1 aromatic carbocycles. The van der Waals surface area contributed by atoms with Crippen molar-refractivity contribution in [1.29, 1.82) is 0 Å². The molecule has 3 rings (SSSR count). The number of para-hydroxylation sites is 1. The molecular weight excluding hydrogens is 255 g/mol. The highest BCUT2D eigenvalue weighted by molar-refractivity contribution is 6.35. The average molecular weight is 269 g/mol. The highest BCUT2D eigenvalue weighted by Gasteiger charge is 2.33. The molecule has 0 N–H and O–H groups in total. The minimum Gasteiger partial charge on any atom is -0.327 e. The van der Waals surface area contributed by atoms with Crippen molar-refractivity contribution in [2.24, 2.45) is 11.8 Å². The van der Waals surface area contributed by atoms with Gasteiger partial charge in [0.1, 0.15) is 11.3 Å². The Morgan fingerprint density at radius 1 is 1.47 bits per heavy atom. The molecule has 1 heterocycles. The summed E-state index contributed by atoms with van der Waals surface area (Å²) in [6.45, 7) is 3.30. The van der Waals surface area contributed by atoms with E-state index in [2.05, 4.69) is 22.5 Å². The van der Waals surface area contributed by atoms with Gasteiger partial charge in [-0.2, -0.15) is 0 Å². The van der Waals surface area contributed by atoms with Crippen LogP contribution in [0.2, 0.25) is 5.02 Å². The molecule has 2 aromatic rings. The second-order valence-corrected chi connectivity index (χ2v) is 5.53. The first-order valence-electron chi connectivity index (χ1n) is 5.90. The largest absolute Gasteiger partial charge is 0.327 e. The predicted octanol–water partition coefficient (Wildman–Crippen LogP) is 4.08. The summed E-state index contributed by atoms with van der Waals surface area (Å²) in [6, 6.07) is 5.91. The van der Waals surface area contributed by atoms with Gasteiger partial charge < -0.3 is 4.57 Å². The van der Waals surface area contributed by atoms with Gasteiger partial charge in [0.15, 0.2) is 0 Å². The first-order valence-corrected chi connectivity index (χ1v) is 6.81. The molecule has 0 radical (unpaired) electrons. The summed E-state index contributed by atoms with van der Waals surface area (Å²) in [6.07, 6.45) is 1.31. The van der Waals surface area contributed by atoms with E-state index in [1.807, 2.05) is 12.1 Å². The Morgan fingerprint density at radius 2 is 2.24 bits per heavy atom. The third-order valence-electron chi connectivity index (χ3n) is 3.62. The van der Waals surface area contributed by atoms with E-state index < -0.39 is 0 Å². The summed E-state index contributed by atoms with van der Waals surface area (Å²) < 4.78 is 2.22. The molecule has 2 atom stereocenters. The standard InChI is InChI=1S/C13H14Cl2N2/c1-8-5-9(8)7-17-11-4-2-3-10(15)13(11)16-12(17)6-14/h2-4,8-9H,5-7H2,1H3. The van der Waals surface area contributed by atoms with E-state index in [9.17, 15) is 0 Å². The highest BCUT2D eigenvalue weighted by atomic mass is 35.5. The van der Waals surface area contributed by atoms with E-state index in [0.717, 1.165) is 35.2 Å². The topological polar surface area (TPSA) is 17.8 Å². The van der Waals surface area contributed by atoms with Crippen LogP contribution in [0.4, 0.5) is 0 Å². The van der Waals surface area contributed by atoms with Crippen molar-refractivity contribution in [1.82, 2.24) is 9.55 Å². The third kappa shape index (κ3) is 1.94. The molecule has 0 aliphatic heterocycles. The van der Waals surface area contributed by atoms with Gasteiger partial charge in [-0.25, -0.2) is 4.98 Å². The lowest BCUT2D eigenvalue weighted by Gasteiger charge is -2.06. The maximum atomic E-state index is 6.16. The summed E-state index contributed by atoms with van der Waals surface area (Å²) in [5, 5.41) is 0.705. The van der Waals surface area contributed by atoms with Crippen LogP contribution in [0.3, 0.4) is 0 Å². The number of rotatable bonds is 3. The van der Waals surface area contributed by atoms with Crippen LogP contribution in [0.5, 0.6) is 0 Å². The Morgan fingerprint density at radius 3 is 2.88 bits per heavy atom. The van der Waals surface area contributed by atoms with Crippen molar-refractivity contribution >= 4 is 34.2 Å². The van der Waals surface area contributed by atoms with Gasteiger partial charge in [-0.15, -0.1) is 11.6 Å². The van der Waals surface area contributed by atoms with Crippen LogP contribution >= 0.6 is 23.2 Å². The summed E-state index contributed by atoms with van der Waals surface area (Å²) in [7, 11) is 0. The summed E-state index contributed by atoms with van der Waals surface area (Å²) in [5.74, 6) is 2.96. The lowest BCUT2D eigenvalue weighted by Crippen LogP contribution is -2.04. The van der Waals surface area contributed by atoms with Crippen molar-refractivity contribution in [2.45, 2.75) is 25.8 Å². The molecule has 90 valence electrons. The maximum Gasteiger partial charge on any atom is 0.124 e. The molecule has 1 aromatic heterocycles. The minimum atomic E-state index is 0.437. The number of benzene rings is 1. The van der Waals surface area contributed by atoms with Crippen LogP contribution in [0.25, 0.3) is 11.0 Å². The zero-order chi connectivity index (χ0) is 12.0. The van der Waals surface area contributed by atoms with Crippen molar-refractivity contribution in [2.75, 3.05) is 0 Å². The number of alkyl halides is 1. The zero-order valence-electron chi connectivity index (χ0n) is 9.66. The Kier molecular flexibility index (Phi) is 2.80. The summed E-state index contributed by atoms with van der Waals surface area (Å²) in [5.41, 5.74) is 1.98. The van der Waals surface area contributed by atoms with Gasteiger partial charge >= 0.3 is 0 Å². The van der Waals surface area contributed by atoms with Gasteiger partial charge in [-0.05, 0) is 30.4 Å². The van der Waals surface area contributed by atoms with Gasteiger partial charge in [-0.3, -0.25) is 0 Å². The van der Waals surface area contributed by atoms with E-state index in [0.29, 0.717) is 10.9 Å². The number of imidazole rings is 1. The Hall–Kier alpha value is -0.730. The third-order valence-corrected chi connectivity index (χ3v) is 4.17. The fraction of sp³-hybridized carbons (Fsp3) is 0.462. The number of halogens is 2. The maximum absolute atomic E-state index is 6.16. The second kappa shape index (κ2) is 4.18. The fourth-order valence-corrected chi connectivity index (χ4v) is 2.77. The first kappa shape index (κ1) is 11.4. The molecule has 2 nitrogen and oxygen atoms in total. The SMILES string of the molecule is CC1CC1Cn1c(CCl)nc2c(Cl)cccc21. The monoisotopic (exact) mass is 268 g/mol. The minimum absolute atomic E-state index is 0.437. The second-order valence-electron chi connectivity index (χ2n) is 4.85. The van der Waals surface area contributed by atoms with Gasteiger partial charge in [-0.1, -0.05) is 24.6 Å². The number of nitrogens with zero attached hydrogens (tertiary/aromatic N) is 2. The van der Waals surface area contributed by atoms with Crippen LogP contribution in [0.1, 0.15) is 19.2 Å². The van der Waals surface area contributed by atoms with Crippen molar-refractivity contribution in [3.63, 3.8) is 0 Å². The number of hydrogen-bond acceptors (Lipinski definition) is 1. The Labute approximate surface area is 111 Å². The van der Waals surface area contributed by atoms with Gasteiger partial charge in [0.2, 0.25) is 0 Å². The lowest BCUT2D eigenvalue weighted by atomic mass is 10.3. The Balaban J connectivity index is 2.10. The van der Waals surface area contributed by atoms with Gasteiger partial charge in [0, 0.05) is 6.54 Å². The quantitative estimate of drug-likeness (QED) is 0.767. The van der Waals surface area contributed by atoms with E-state index in [1.54, 1.807) is 0 Å². The average Bonchev–Trinajstić information content (AvgIpc) is 2.88. The molecule has 0 bridgehead atoms. The zero-order valence-corrected chi connectivity index (χ0v) is 11.2. The molecule has 1 aliphatic carbocycles. The molecular formula is C13H14Cl2N2. The number of hydrogen-bond donors (Lipinski definition) is 0. The molecule has 1 aliphatic rings. The van der Waals surface area contributed by atoms with Crippen LogP contribution in [-0.2, 0) is 12.4 Å². The molecule has 0 amide bonds. The van der Waals surface area contributed by atoms with Gasteiger partial charge in [0.25, 0.3) is 0 Å². The van der Waals surface area contributed by atoms with Crippen LogP contribution in [0, 0.1) is 11.8 Å². The molecule has 2 unspecified atom stereocenters. The summed E-state index contributed by atoms with van der Waals surface area (Å²) >= 11 is 12.1.